The molecular formula is C23H19ClN4O4S. The first-order chi connectivity index (χ1) is 16.0. The van der Waals surface area contributed by atoms with Gasteiger partial charge in [-0.15, -0.1) is 11.3 Å². The minimum absolute atomic E-state index is 0.0959. The summed E-state index contributed by atoms with van der Waals surface area (Å²) in [6.07, 6.45) is 0. The van der Waals surface area contributed by atoms with E-state index in [1.807, 2.05) is 41.8 Å². The zero-order valence-corrected chi connectivity index (χ0v) is 19.1. The van der Waals surface area contributed by atoms with Gasteiger partial charge >= 0.3 is 0 Å². The van der Waals surface area contributed by atoms with Gasteiger partial charge in [0.15, 0.2) is 5.13 Å². The number of carbonyl (C=O) groups is 1. The fraction of sp³-hybridized carbons (Fsp3) is 0.130. The number of nitrogens with one attached hydrogen (secondary N) is 1. The molecule has 1 N–H and O–H groups in total. The summed E-state index contributed by atoms with van der Waals surface area (Å²) in [5, 5.41) is 9.54. The van der Waals surface area contributed by atoms with Gasteiger partial charge in [0, 0.05) is 17.0 Å². The maximum atomic E-state index is 12.7. The number of anilines is 1. The number of para-hydroxylation sites is 1. The second-order valence-corrected chi connectivity index (χ2v) is 8.05. The molecule has 0 atom stereocenters. The van der Waals surface area contributed by atoms with Crippen molar-refractivity contribution >= 4 is 34.0 Å². The van der Waals surface area contributed by atoms with E-state index in [0.717, 1.165) is 5.56 Å². The van der Waals surface area contributed by atoms with Crippen LogP contribution >= 0.6 is 22.9 Å². The molecule has 4 rings (SSSR count). The number of nitrogens with zero attached hydrogens (tertiary/aromatic N) is 3. The van der Waals surface area contributed by atoms with Crippen LogP contribution in [0.1, 0.15) is 10.5 Å². The summed E-state index contributed by atoms with van der Waals surface area (Å²) in [7, 11) is 1.55. The molecule has 2 aromatic heterocycles. The Hall–Kier alpha value is -3.69. The van der Waals surface area contributed by atoms with E-state index in [4.69, 9.17) is 21.1 Å². The summed E-state index contributed by atoms with van der Waals surface area (Å²) in [6, 6.07) is 17.3. The van der Waals surface area contributed by atoms with Gasteiger partial charge in [-0.05, 0) is 36.4 Å². The van der Waals surface area contributed by atoms with Gasteiger partial charge < -0.3 is 9.47 Å². The first-order valence-corrected chi connectivity index (χ1v) is 11.2. The fourth-order valence-corrected chi connectivity index (χ4v) is 3.92. The lowest BCUT2D eigenvalue weighted by molar-refractivity contribution is 0.101. The highest BCUT2D eigenvalue weighted by Gasteiger charge is 2.14. The molecule has 0 unspecified atom stereocenters. The van der Waals surface area contributed by atoms with Crippen molar-refractivity contribution in [3.05, 3.63) is 87.1 Å². The first-order valence-electron chi connectivity index (χ1n) is 9.90. The lowest BCUT2D eigenvalue weighted by Gasteiger charge is -2.08. The van der Waals surface area contributed by atoms with Crippen molar-refractivity contribution in [2.45, 2.75) is 6.54 Å². The molecular weight excluding hydrogens is 464 g/mol. The molecule has 2 aromatic carbocycles. The molecule has 4 aromatic rings. The number of aromatic nitrogens is 3. The molecule has 0 spiro atoms. The number of methoxy groups -OCH3 is 1. The van der Waals surface area contributed by atoms with E-state index in [1.165, 1.54) is 28.2 Å². The lowest BCUT2D eigenvalue weighted by Crippen LogP contribution is -2.28. The summed E-state index contributed by atoms with van der Waals surface area (Å²) in [6.45, 7) is 0.441. The van der Waals surface area contributed by atoms with E-state index in [9.17, 15) is 9.59 Å². The molecule has 0 aliphatic carbocycles. The van der Waals surface area contributed by atoms with Crippen LogP contribution in [-0.2, 0) is 6.54 Å². The highest BCUT2D eigenvalue weighted by molar-refractivity contribution is 7.14. The van der Waals surface area contributed by atoms with Gasteiger partial charge in [0.1, 0.15) is 23.8 Å². The topological polar surface area (TPSA) is 95.3 Å². The third-order valence-electron chi connectivity index (χ3n) is 4.59. The Kier molecular flexibility index (Phi) is 7.01. The van der Waals surface area contributed by atoms with Gasteiger partial charge in [0.25, 0.3) is 11.5 Å². The molecule has 0 saturated carbocycles. The Morgan fingerprint density at radius 1 is 1.15 bits per heavy atom. The van der Waals surface area contributed by atoms with Crippen LogP contribution in [0.2, 0.25) is 5.02 Å². The molecule has 0 aliphatic heterocycles. The average molecular weight is 483 g/mol. The van der Waals surface area contributed by atoms with Crippen molar-refractivity contribution in [1.82, 2.24) is 14.8 Å². The summed E-state index contributed by atoms with van der Waals surface area (Å²) >= 11 is 7.45. The van der Waals surface area contributed by atoms with E-state index in [-0.39, 0.29) is 24.4 Å². The Morgan fingerprint density at radius 2 is 1.97 bits per heavy atom. The van der Waals surface area contributed by atoms with E-state index < -0.39 is 5.91 Å². The number of thiazole rings is 1. The highest BCUT2D eigenvalue weighted by atomic mass is 35.5. The molecule has 33 heavy (non-hydrogen) atoms. The molecule has 2 heterocycles. The Morgan fingerprint density at radius 3 is 2.73 bits per heavy atom. The van der Waals surface area contributed by atoms with Gasteiger partial charge in [0.2, 0.25) is 0 Å². The first kappa shape index (κ1) is 22.5. The summed E-state index contributed by atoms with van der Waals surface area (Å²) < 4.78 is 12.0. The standard InChI is InChI=1S/C23H19ClN4O4S/c1-31-20-9-7-15(13-17(20)24)19-14-33-23(25-19)26-22(30)18-8-10-21(29)28(27-18)11-12-32-16-5-3-2-4-6-16/h2-10,13-14H,11-12H2,1H3,(H,25,26,30). The maximum Gasteiger partial charge on any atom is 0.277 e. The second-order valence-electron chi connectivity index (χ2n) is 6.78. The van der Waals surface area contributed by atoms with Crippen LogP contribution in [0.5, 0.6) is 11.5 Å². The van der Waals surface area contributed by atoms with Crippen LogP contribution in [0, 0.1) is 0 Å². The number of ether oxygens (including phenoxy) is 2. The van der Waals surface area contributed by atoms with Gasteiger partial charge in [-0.2, -0.15) is 5.10 Å². The van der Waals surface area contributed by atoms with Crippen molar-refractivity contribution in [2.24, 2.45) is 0 Å². The van der Waals surface area contributed by atoms with Crippen LogP contribution in [-0.4, -0.2) is 34.4 Å². The molecule has 0 radical (unpaired) electrons. The van der Waals surface area contributed by atoms with E-state index in [1.54, 1.807) is 19.2 Å². The SMILES string of the molecule is COc1ccc(-c2csc(NC(=O)c3ccc(=O)n(CCOc4ccccc4)n3)n2)cc1Cl. The van der Waals surface area contributed by atoms with Crippen molar-refractivity contribution < 1.29 is 14.3 Å². The second kappa shape index (κ2) is 10.3. The molecule has 0 fully saturated rings. The molecule has 0 aliphatic rings. The van der Waals surface area contributed by atoms with E-state index >= 15 is 0 Å². The monoisotopic (exact) mass is 482 g/mol. The van der Waals surface area contributed by atoms with Crippen molar-refractivity contribution in [2.75, 3.05) is 19.0 Å². The molecule has 10 heteroatoms. The Labute approximate surface area is 198 Å². The quantitative estimate of drug-likeness (QED) is 0.401. The van der Waals surface area contributed by atoms with Crippen LogP contribution in [0.3, 0.4) is 0 Å². The van der Waals surface area contributed by atoms with Crippen LogP contribution in [0.4, 0.5) is 5.13 Å². The number of hydrogen-bond acceptors (Lipinski definition) is 7. The Bertz CT molecular complexity index is 1320. The summed E-state index contributed by atoms with van der Waals surface area (Å²) in [4.78, 5) is 29.2. The number of amides is 1. The number of hydrogen-bond donors (Lipinski definition) is 1. The van der Waals surface area contributed by atoms with Gasteiger partial charge in [-0.3, -0.25) is 14.9 Å². The highest BCUT2D eigenvalue weighted by Crippen LogP contribution is 2.31. The van der Waals surface area contributed by atoms with Crippen molar-refractivity contribution in [3.8, 4) is 22.8 Å². The molecule has 8 nitrogen and oxygen atoms in total. The van der Waals surface area contributed by atoms with Gasteiger partial charge in [-0.1, -0.05) is 29.8 Å². The fourth-order valence-electron chi connectivity index (χ4n) is 2.95. The summed E-state index contributed by atoms with van der Waals surface area (Å²) in [5.41, 5.74) is 1.23. The lowest BCUT2D eigenvalue weighted by atomic mass is 10.2. The number of benzene rings is 2. The van der Waals surface area contributed by atoms with Crippen LogP contribution < -0.4 is 20.3 Å². The maximum absolute atomic E-state index is 12.7. The van der Waals surface area contributed by atoms with E-state index in [0.29, 0.717) is 27.3 Å². The summed E-state index contributed by atoms with van der Waals surface area (Å²) in [5.74, 6) is 0.790. The minimum atomic E-state index is -0.471. The van der Waals surface area contributed by atoms with E-state index in [2.05, 4.69) is 15.4 Å². The van der Waals surface area contributed by atoms with Crippen molar-refractivity contribution in [3.63, 3.8) is 0 Å². The number of carbonyl (C=O) groups excluding carboxylic acids is 1. The van der Waals surface area contributed by atoms with Gasteiger partial charge in [-0.25, -0.2) is 9.67 Å². The number of rotatable bonds is 8. The molecule has 168 valence electrons. The van der Waals surface area contributed by atoms with Crippen molar-refractivity contribution in [1.29, 1.82) is 0 Å². The smallest absolute Gasteiger partial charge is 0.277 e. The largest absolute Gasteiger partial charge is 0.495 e. The third-order valence-corrected chi connectivity index (χ3v) is 5.64. The van der Waals surface area contributed by atoms with Crippen LogP contribution in [0.25, 0.3) is 11.3 Å². The average Bonchev–Trinajstić information content (AvgIpc) is 3.29. The normalized spacial score (nSPS) is 10.6. The zero-order chi connectivity index (χ0) is 23.2. The Balaban J connectivity index is 1.42. The van der Waals surface area contributed by atoms with Gasteiger partial charge in [0.05, 0.1) is 24.4 Å². The zero-order valence-electron chi connectivity index (χ0n) is 17.5. The molecule has 0 bridgehead atoms. The van der Waals surface area contributed by atoms with Crippen LogP contribution in [0.15, 0.2) is 70.8 Å². The minimum Gasteiger partial charge on any atom is -0.495 e. The predicted molar refractivity (Wildman–Crippen MR) is 127 cm³/mol. The molecule has 1 amide bonds. The predicted octanol–water partition coefficient (Wildman–Crippen LogP) is 4.36. The molecule has 0 saturated heterocycles. The third kappa shape index (κ3) is 5.57. The number of halogens is 1.